The van der Waals surface area contributed by atoms with Crippen LogP contribution in [0.15, 0.2) is 109 Å². The van der Waals surface area contributed by atoms with Gasteiger partial charge in [0.2, 0.25) is 0 Å². The van der Waals surface area contributed by atoms with Crippen LogP contribution in [0.1, 0.15) is 329 Å². The Morgan fingerprint density at radius 2 is 0.494 bits per heavy atom. The molecule has 0 aromatic heterocycles. The minimum atomic E-state index is -0.807. The summed E-state index contributed by atoms with van der Waals surface area (Å²) in [5, 5.41) is 0. The average molecular weight is 1130 g/mol. The number of rotatable bonds is 62. The quantitative estimate of drug-likeness (QED) is 0.0261. The molecule has 0 aliphatic heterocycles. The summed E-state index contributed by atoms with van der Waals surface area (Å²) in [4.78, 5) is 38.4. The second kappa shape index (κ2) is 68.6. The second-order valence-electron chi connectivity index (χ2n) is 22.7. The summed E-state index contributed by atoms with van der Waals surface area (Å²) in [5.41, 5.74) is 0. The number of carbonyl (C=O) groups is 3. The van der Waals surface area contributed by atoms with Crippen molar-refractivity contribution in [2.75, 3.05) is 13.2 Å². The van der Waals surface area contributed by atoms with Crippen molar-refractivity contribution in [1.82, 2.24) is 0 Å². The van der Waals surface area contributed by atoms with E-state index in [1.54, 1.807) is 0 Å². The van der Waals surface area contributed by atoms with E-state index in [-0.39, 0.29) is 37.5 Å². The Kier molecular flexibility index (Phi) is 65.2. The first-order chi connectivity index (χ1) is 40.0. The summed E-state index contributed by atoms with van der Waals surface area (Å²) in [7, 11) is 0. The smallest absolute Gasteiger partial charge is 0.306 e. The van der Waals surface area contributed by atoms with Crippen LogP contribution in [0.2, 0.25) is 0 Å². The zero-order chi connectivity index (χ0) is 58.5. The third-order valence-electron chi connectivity index (χ3n) is 14.8. The molecule has 1 atom stereocenters. The summed E-state index contributed by atoms with van der Waals surface area (Å²) in [6.07, 6.45) is 93.9. The molecule has 0 radical (unpaired) electrons. The normalized spacial score (nSPS) is 12.8. The van der Waals surface area contributed by atoms with Gasteiger partial charge < -0.3 is 14.2 Å². The predicted molar refractivity (Wildman–Crippen MR) is 353 cm³/mol. The van der Waals surface area contributed by atoms with Gasteiger partial charge in [0.25, 0.3) is 0 Å². The summed E-state index contributed by atoms with van der Waals surface area (Å²) in [6, 6.07) is 0. The molecule has 1 unspecified atom stereocenters. The third kappa shape index (κ3) is 66.8. The van der Waals surface area contributed by atoms with Crippen LogP contribution in [-0.4, -0.2) is 37.2 Å². The number of allylic oxidation sites excluding steroid dienone is 18. The maximum Gasteiger partial charge on any atom is 0.306 e. The highest BCUT2D eigenvalue weighted by Crippen LogP contribution is 2.17. The first-order valence-electron chi connectivity index (χ1n) is 34.4. The van der Waals surface area contributed by atoms with Gasteiger partial charge in [0.15, 0.2) is 6.10 Å². The molecule has 0 aliphatic rings. The molecule has 0 aromatic rings. The second-order valence-corrected chi connectivity index (χ2v) is 22.7. The van der Waals surface area contributed by atoms with Gasteiger partial charge >= 0.3 is 17.9 Å². The standard InChI is InChI=1S/C75H128O6/c1-4-7-10-13-16-19-22-25-28-31-34-36-38-40-41-44-47-50-53-56-59-62-65-68-74(77)80-71-72(70-79-73(76)67-64-61-58-55-52-49-46-43-33-30-27-24-21-18-15-12-9-6-3)81-75(78)69-66-63-60-57-54-51-48-45-42-39-37-35-32-29-26-23-20-17-14-11-8-5-2/h7,10,16,19,21,24-25,28,30,33-34,36,40-41,47,50,56,59,72H,4-6,8-9,11-15,17-18,20,22-23,26-27,29,31-32,35,37-39,42-46,48-49,51-55,57-58,60-71H2,1-3H3/b10-7-,19-16-,24-21-,28-25-,33-30-,36-34-,41-40-,50-47-,59-56-. The SMILES string of the molecule is CC/C=C\C/C=C\C/C=C\C/C=C\C/C=C\C/C=C\C/C=C\CCCC(=O)OCC(COC(=O)CCCCCCCCC/C=C\C/C=C\CCCCCC)OC(=O)CCCCCCCCCCCCCCCCCCCCCCCC. The molecule has 6 heteroatoms. The van der Waals surface area contributed by atoms with E-state index >= 15 is 0 Å². The Balaban J connectivity index is 4.47. The molecule has 0 saturated heterocycles. The molecule has 464 valence electrons. The first kappa shape index (κ1) is 77.1. The number of hydrogen-bond donors (Lipinski definition) is 0. The third-order valence-corrected chi connectivity index (χ3v) is 14.8. The molecule has 0 amide bonds. The lowest BCUT2D eigenvalue weighted by Crippen LogP contribution is -2.30. The Hall–Kier alpha value is -3.93. The zero-order valence-electron chi connectivity index (χ0n) is 53.3. The van der Waals surface area contributed by atoms with Gasteiger partial charge in [-0.05, 0) is 103 Å². The van der Waals surface area contributed by atoms with Crippen LogP contribution in [0.5, 0.6) is 0 Å². The lowest BCUT2D eigenvalue weighted by molar-refractivity contribution is -0.167. The molecule has 0 bridgehead atoms. The van der Waals surface area contributed by atoms with Crippen LogP contribution in [0, 0.1) is 0 Å². The Labute approximate surface area is 501 Å². The largest absolute Gasteiger partial charge is 0.462 e. The van der Waals surface area contributed by atoms with Crippen LogP contribution in [0.4, 0.5) is 0 Å². The van der Waals surface area contributed by atoms with Crippen molar-refractivity contribution in [2.45, 2.75) is 335 Å². The van der Waals surface area contributed by atoms with Gasteiger partial charge in [-0.25, -0.2) is 0 Å². The molecule has 0 N–H and O–H groups in total. The van der Waals surface area contributed by atoms with Crippen molar-refractivity contribution >= 4 is 17.9 Å². The monoisotopic (exact) mass is 1120 g/mol. The highest BCUT2D eigenvalue weighted by Gasteiger charge is 2.19. The lowest BCUT2D eigenvalue weighted by Gasteiger charge is -2.18. The van der Waals surface area contributed by atoms with E-state index in [2.05, 4.69) is 130 Å². The van der Waals surface area contributed by atoms with Gasteiger partial charge in [0.1, 0.15) is 13.2 Å². The van der Waals surface area contributed by atoms with Crippen LogP contribution in [-0.2, 0) is 28.6 Å². The number of unbranched alkanes of at least 4 members (excludes halogenated alkanes) is 33. The van der Waals surface area contributed by atoms with Crippen molar-refractivity contribution in [2.24, 2.45) is 0 Å². The molecular formula is C75H128O6. The highest BCUT2D eigenvalue weighted by molar-refractivity contribution is 5.71. The Morgan fingerprint density at radius 3 is 0.815 bits per heavy atom. The van der Waals surface area contributed by atoms with Gasteiger partial charge in [0, 0.05) is 19.3 Å². The van der Waals surface area contributed by atoms with Gasteiger partial charge in [-0.1, -0.05) is 316 Å². The van der Waals surface area contributed by atoms with Crippen molar-refractivity contribution in [1.29, 1.82) is 0 Å². The number of carbonyl (C=O) groups excluding carboxylic acids is 3. The molecule has 0 heterocycles. The molecule has 0 spiro atoms. The highest BCUT2D eigenvalue weighted by atomic mass is 16.6. The van der Waals surface area contributed by atoms with Crippen molar-refractivity contribution in [3.05, 3.63) is 109 Å². The minimum absolute atomic E-state index is 0.0989. The molecule has 0 fully saturated rings. The predicted octanol–water partition coefficient (Wildman–Crippen LogP) is 23.8. The van der Waals surface area contributed by atoms with E-state index < -0.39 is 6.10 Å². The molecule has 6 nitrogen and oxygen atoms in total. The lowest BCUT2D eigenvalue weighted by atomic mass is 10.0. The van der Waals surface area contributed by atoms with E-state index in [9.17, 15) is 14.4 Å². The van der Waals surface area contributed by atoms with Crippen LogP contribution >= 0.6 is 0 Å². The van der Waals surface area contributed by atoms with E-state index in [0.29, 0.717) is 19.3 Å². The average Bonchev–Trinajstić information content (AvgIpc) is 3.47. The summed E-state index contributed by atoms with van der Waals surface area (Å²) in [6.45, 7) is 6.50. The Bertz CT molecular complexity index is 1620. The van der Waals surface area contributed by atoms with Gasteiger partial charge in [-0.3, -0.25) is 14.4 Å². The molecular weight excluding hydrogens is 997 g/mol. The van der Waals surface area contributed by atoms with Crippen molar-refractivity contribution in [3.8, 4) is 0 Å². The maximum atomic E-state index is 13.0. The van der Waals surface area contributed by atoms with Gasteiger partial charge in [0.05, 0.1) is 0 Å². The molecule has 0 aliphatic carbocycles. The molecule has 0 rings (SSSR count). The van der Waals surface area contributed by atoms with Gasteiger partial charge in [-0.2, -0.15) is 0 Å². The summed E-state index contributed by atoms with van der Waals surface area (Å²) in [5.74, 6) is -0.954. The van der Waals surface area contributed by atoms with E-state index in [1.807, 2.05) is 0 Å². The molecule has 0 aromatic carbocycles. The number of ether oxygens (including phenoxy) is 3. The van der Waals surface area contributed by atoms with E-state index in [0.717, 1.165) is 103 Å². The van der Waals surface area contributed by atoms with Crippen LogP contribution < -0.4 is 0 Å². The summed E-state index contributed by atoms with van der Waals surface area (Å²) < 4.78 is 16.9. The fraction of sp³-hybridized carbons (Fsp3) is 0.720. The molecule has 81 heavy (non-hydrogen) atoms. The first-order valence-corrected chi connectivity index (χ1v) is 34.4. The van der Waals surface area contributed by atoms with E-state index in [1.165, 1.54) is 180 Å². The fourth-order valence-corrected chi connectivity index (χ4v) is 9.64. The number of hydrogen-bond acceptors (Lipinski definition) is 6. The van der Waals surface area contributed by atoms with E-state index in [4.69, 9.17) is 14.2 Å². The Morgan fingerprint density at radius 1 is 0.259 bits per heavy atom. The zero-order valence-corrected chi connectivity index (χ0v) is 53.3. The summed E-state index contributed by atoms with van der Waals surface area (Å²) >= 11 is 0. The van der Waals surface area contributed by atoms with Crippen molar-refractivity contribution in [3.63, 3.8) is 0 Å². The van der Waals surface area contributed by atoms with Gasteiger partial charge in [-0.15, -0.1) is 0 Å². The topological polar surface area (TPSA) is 78.9 Å². The number of esters is 3. The fourth-order valence-electron chi connectivity index (χ4n) is 9.64. The molecule has 0 saturated carbocycles. The van der Waals surface area contributed by atoms with Crippen LogP contribution in [0.25, 0.3) is 0 Å². The van der Waals surface area contributed by atoms with Crippen molar-refractivity contribution < 1.29 is 28.6 Å². The van der Waals surface area contributed by atoms with Crippen LogP contribution in [0.3, 0.4) is 0 Å². The maximum absolute atomic E-state index is 13.0. The minimum Gasteiger partial charge on any atom is -0.462 e.